The molecule has 0 saturated carbocycles. The Balaban J connectivity index is 1.67. The fourth-order valence-electron chi connectivity index (χ4n) is 3.80. The number of nitrogens with zero attached hydrogens (tertiary/aromatic N) is 5. The van der Waals surface area contributed by atoms with E-state index in [-0.39, 0.29) is 5.41 Å². The van der Waals surface area contributed by atoms with Gasteiger partial charge in [-0.2, -0.15) is 0 Å². The van der Waals surface area contributed by atoms with Crippen molar-refractivity contribution in [2.24, 2.45) is 0 Å². The van der Waals surface area contributed by atoms with Gasteiger partial charge in [0.05, 0.1) is 23.1 Å². The minimum absolute atomic E-state index is 0.129. The van der Waals surface area contributed by atoms with Crippen LogP contribution in [0.25, 0.3) is 0 Å². The van der Waals surface area contributed by atoms with E-state index in [1.165, 1.54) is 17.7 Å². The molecule has 0 N–H and O–H groups in total. The largest absolute Gasteiger partial charge is 0.340 e. The fourth-order valence-corrected chi connectivity index (χ4v) is 3.90. The molecule has 1 atom stereocenters. The fraction of sp³-hybridized carbons (Fsp3) is 0.500. The van der Waals surface area contributed by atoms with E-state index in [9.17, 15) is 0 Å². The van der Waals surface area contributed by atoms with Gasteiger partial charge >= 0.3 is 0 Å². The second kappa shape index (κ2) is 5.16. The summed E-state index contributed by atoms with van der Waals surface area (Å²) >= 11 is 5.90. The molecular weight excluding hydrogens is 298 g/mol. The third-order valence-corrected chi connectivity index (χ3v) is 5.02. The van der Waals surface area contributed by atoms with Crippen LogP contribution in [-0.4, -0.2) is 33.0 Å². The first-order valence-electron chi connectivity index (χ1n) is 7.72. The first-order chi connectivity index (χ1) is 10.7. The molecule has 1 spiro atoms. The summed E-state index contributed by atoms with van der Waals surface area (Å²) in [7, 11) is 0. The zero-order chi connectivity index (χ0) is 15.2. The number of fused-ring (bicyclic) bond motifs is 2. The Morgan fingerprint density at radius 1 is 1.14 bits per heavy atom. The van der Waals surface area contributed by atoms with Crippen molar-refractivity contribution in [1.82, 2.24) is 19.9 Å². The van der Waals surface area contributed by atoms with Crippen LogP contribution < -0.4 is 4.90 Å². The molecule has 4 rings (SSSR count). The summed E-state index contributed by atoms with van der Waals surface area (Å²) in [4.78, 5) is 20.2. The van der Waals surface area contributed by atoms with Gasteiger partial charge in [0.15, 0.2) is 0 Å². The van der Waals surface area contributed by atoms with Gasteiger partial charge in [0.25, 0.3) is 0 Å². The second-order valence-corrected chi connectivity index (χ2v) is 6.73. The summed E-state index contributed by atoms with van der Waals surface area (Å²) in [6, 6.07) is 0. The monoisotopic (exact) mass is 315 g/mol. The van der Waals surface area contributed by atoms with Crippen LogP contribution >= 0.6 is 11.6 Å². The molecule has 114 valence electrons. The van der Waals surface area contributed by atoms with Gasteiger partial charge in [-0.1, -0.05) is 11.6 Å². The highest BCUT2D eigenvalue weighted by molar-refractivity contribution is 6.30. The van der Waals surface area contributed by atoms with Gasteiger partial charge in [-0.05, 0) is 38.2 Å². The molecule has 0 aromatic carbocycles. The van der Waals surface area contributed by atoms with Crippen molar-refractivity contribution in [2.45, 2.75) is 38.0 Å². The minimum atomic E-state index is 0.129. The number of rotatable bonds is 1. The molecule has 22 heavy (non-hydrogen) atoms. The lowest BCUT2D eigenvalue weighted by Gasteiger charge is -2.40. The van der Waals surface area contributed by atoms with Crippen LogP contribution in [0.15, 0.2) is 18.6 Å². The number of anilines is 1. The van der Waals surface area contributed by atoms with Gasteiger partial charge in [0, 0.05) is 24.7 Å². The van der Waals surface area contributed by atoms with E-state index in [0.717, 1.165) is 44.1 Å². The van der Waals surface area contributed by atoms with Crippen molar-refractivity contribution >= 4 is 17.5 Å². The van der Waals surface area contributed by atoms with Crippen LogP contribution in [0.1, 0.15) is 36.3 Å². The molecule has 2 aromatic rings. The second-order valence-electron chi connectivity index (χ2n) is 6.30. The molecule has 1 saturated heterocycles. The molecule has 0 radical (unpaired) electrons. The molecular formula is C16H18ClN5. The summed E-state index contributed by atoms with van der Waals surface area (Å²) in [5.74, 6) is 1.63. The van der Waals surface area contributed by atoms with Crippen LogP contribution in [-0.2, 0) is 11.8 Å². The molecule has 2 aromatic heterocycles. The topological polar surface area (TPSA) is 54.8 Å². The van der Waals surface area contributed by atoms with E-state index in [4.69, 9.17) is 16.6 Å². The molecule has 1 aliphatic heterocycles. The van der Waals surface area contributed by atoms with Gasteiger partial charge in [-0.25, -0.2) is 19.9 Å². The Kier molecular flexibility index (Phi) is 3.26. The van der Waals surface area contributed by atoms with Crippen LogP contribution in [0.3, 0.4) is 0 Å². The quantitative estimate of drug-likeness (QED) is 0.810. The predicted octanol–water partition coefficient (Wildman–Crippen LogP) is 2.71. The van der Waals surface area contributed by atoms with Crippen molar-refractivity contribution in [3.05, 3.63) is 40.7 Å². The van der Waals surface area contributed by atoms with Crippen molar-refractivity contribution in [1.29, 1.82) is 0 Å². The van der Waals surface area contributed by atoms with E-state index >= 15 is 0 Å². The van der Waals surface area contributed by atoms with E-state index in [1.807, 2.05) is 13.1 Å². The van der Waals surface area contributed by atoms with Gasteiger partial charge in [0.2, 0.25) is 5.95 Å². The van der Waals surface area contributed by atoms with E-state index in [0.29, 0.717) is 5.02 Å². The van der Waals surface area contributed by atoms with Gasteiger partial charge < -0.3 is 4.90 Å². The summed E-state index contributed by atoms with van der Waals surface area (Å²) in [5.41, 5.74) is 2.69. The maximum Gasteiger partial charge on any atom is 0.225 e. The highest BCUT2D eigenvalue weighted by atomic mass is 35.5. The first kappa shape index (κ1) is 13.9. The van der Waals surface area contributed by atoms with Crippen molar-refractivity contribution in [3.8, 4) is 0 Å². The average Bonchev–Trinajstić information content (AvgIpc) is 2.86. The average molecular weight is 316 g/mol. The van der Waals surface area contributed by atoms with Gasteiger partial charge in [-0.15, -0.1) is 0 Å². The lowest BCUT2D eigenvalue weighted by atomic mass is 9.77. The van der Waals surface area contributed by atoms with Crippen LogP contribution in [0.4, 0.5) is 5.95 Å². The van der Waals surface area contributed by atoms with E-state index in [2.05, 4.69) is 19.9 Å². The molecule has 1 unspecified atom stereocenters. The highest BCUT2D eigenvalue weighted by Crippen LogP contribution is 2.44. The molecule has 3 heterocycles. The standard InChI is InChI=1S/C16H18ClN5/c1-11-18-7-12-3-5-16(14(12)21-11)4-2-6-22(10-16)15-19-8-13(17)9-20-15/h7-9H,2-6,10H2,1H3. The normalized spacial score (nSPS) is 23.8. The third kappa shape index (κ3) is 2.24. The molecule has 0 amide bonds. The maximum atomic E-state index is 5.90. The highest BCUT2D eigenvalue weighted by Gasteiger charge is 2.44. The first-order valence-corrected chi connectivity index (χ1v) is 8.10. The lowest BCUT2D eigenvalue weighted by Crippen LogP contribution is -2.46. The van der Waals surface area contributed by atoms with E-state index in [1.54, 1.807) is 12.4 Å². The number of hydrogen-bond donors (Lipinski definition) is 0. The van der Waals surface area contributed by atoms with Crippen LogP contribution in [0.2, 0.25) is 5.02 Å². The molecule has 5 nitrogen and oxygen atoms in total. The number of hydrogen-bond acceptors (Lipinski definition) is 5. The zero-order valence-electron chi connectivity index (χ0n) is 12.6. The summed E-state index contributed by atoms with van der Waals surface area (Å²) < 4.78 is 0. The Bertz CT molecular complexity index is 698. The molecule has 2 aliphatic rings. The SMILES string of the molecule is Cc1ncc2c(n1)C1(CCCN(c3ncc(Cl)cn3)C1)CC2. The molecule has 1 fully saturated rings. The Morgan fingerprint density at radius 3 is 2.77 bits per heavy atom. The number of piperidine rings is 1. The smallest absolute Gasteiger partial charge is 0.225 e. The summed E-state index contributed by atoms with van der Waals surface area (Å²) in [6.45, 7) is 3.88. The van der Waals surface area contributed by atoms with Gasteiger partial charge in [-0.3, -0.25) is 0 Å². The molecule has 6 heteroatoms. The number of aromatic nitrogens is 4. The van der Waals surface area contributed by atoms with Crippen LogP contribution in [0, 0.1) is 6.92 Å². The molecule has 1 aliphatic carbocycles. The van der Waals surface area contributed by atoms with Crippen molar-refractivity contribution in [2.75, 3.05) is 18.0 Å². The zero-order valence-corrected chi connectivity index (χ0v) is 13.3. The Labute approximate surface area is 134 Å². The molecule has 0 bridgehead atoms. The Hall–Kier alpha value is -1.75. The van der Waals surface area contributed by atoms with Crippen molar-refractivity contribution in [3.63, 3.8) is 0 Å². The third-order valence-electron chi connectivity index (χ3n) is 4.83. The minimum Gasteiger partial charge on any atom is -0.340 e. The lowest BCUT2D eigenvalue weighted by molar-refractivity contribution is 0.331. The van der Waals surface area contributed by atoms with Gasteiger partial charge in [0.1, 0.15) is 5.82 Å². The predicted molar refractivity (Wildman–Crippen MR) is 85.3 cm³/mol. The van der Waals surface area contributed by atoms with Crippen molar-refractivity contribution < 1.29 is 0 Å². The summed E-state index contributed by atoms with van der Waals surface area (Å²) in [5, 5.41) is 0.574. The Morgan fingerprint density at radius 2 is 1.95 bits per heavy atom. The summed E-state index contributed by atoms with van der Waals surface area (Å²) in [6.07, 6.45) is 9.87. The van der Waals surface area contributed by atoms with Crippen LogP contribution in [0.5, 0.6) is 0 Å². The van der Waals surface area contributed by atoms with E-state index < -0.39 is 0 Å². The number of halogens is 1. The number of aryl methyl sites for hydroxylation is 2. The maximum absolute atomic E-state index is 5.90.